The molecular formula is C54H88O13Si2. The van der Waals surface area contributed by atoms with Crippen molar-refractivity contribution in [3.05, 3.63) is 24.3 Å². The van der Waals surface area contributed by atoms with Crippen LogP contribution in [-0.2, 0) is 61.0 Å². The molecule has 0 amide bonds. The summed E-state index contributed by atoms with van der Waals surface area (Å²) in [6.07, 6.45) is 4.67. The molecule has 0 unspecified atom stereocenters. The van der Waals surface area contributed by atoms with Crippen LogP contribution in [0.25, 0.3) is 0 Å². The standard InChI is InChI=1S/C54H88O13Si2/c1-29-23-33-15-17-36-30(2)24-35(57-36)19-21-54-28-43-48(65-54)49-50(63-43)51(66-54)47-38(62-49)18-16-34(59-47)25-44(55)64-46-32(4)45-42(60-41(46)26-39(58-33)31(29)3)27-40(67-69(13,14)53(8,9)10)37(61-45)20-22-56-68(11,12)52(5,6)7/h29,32-43,45-51H,2-3,15-28H2,1,4-14H3/t29-,32+,33+,34-,35+,36+,37-,38+,39-,40-,41+,42+,43-,45+,46-,47+,48+,49+,50+,51+,54+/m1/s1. The molecule has 390 valence electrons. The van der Waals surface area contributed by atoms with Crippen molar-refractivity contribution in [1.29, 1.82) is 0 Å². The Balaban J connectivity index is 0.926. The van der Waals surface area contributed by atoms with Crippen molar-refractivity contribution in [2.75, 3.05) is 6.61 Å². The first-order valence-electron chi connectivity index (χ1n) is 27.2. The Labute approximate surface area is 415 Å². The van der Waals surface area contributed by atoms with Crippen LogP contribution in [0.15, 0.2) is 24.3 Å². The summed E-state index contributed by atoms with van der Waals surface area (Å²) >= 11 is 0. The highest BCUT2D eigenvalue weighted by atomic mass is 28.4. The van der Waals surface area contributed by atoms with Gasteiger partial charge in [0.25, 0.3) is 0 Å². The lowest BCUT2D eigenvalue weighted by Gasteiger charge is -2.53. The molecule has 15 heteroatoms. The lowest BCUT2D eigenvalue weighted by atomic mass is 9.79. The van der Waals surface area contributed by atoms with Gasteiger partial charge in [0.2, 0.25) is 0 Å². The zero-order chi connectivity index (χ0) is 49.2. The van der Waals surface area contributed by atoms with Crippen molar-refractivity contribution in [1.82, 2.24) is 0 Å². The van der Waals surface area contributed by atoms with E-state index in [0.717, 1.165) is 49.7 Å². The third-order valence-corrected chi connectivity index (χ3v) is 28.4. The second-order valence-electron chi connectivity index (χ2n) is 26.2. The van der Waals surface area contributed by atoms with Gasteiger partial charge in [-0.15, -0.1) is 0 Å². The summed E-state index contributed by atoms with van der Waals surface area (Å²) in [5.41, 5.74) is 2.21. The second-order valence-corrected chi connectivity index (χ2v) is 35.8. The third-order valence-electron chi connectivity index (χ3n) is 19.3. The predicted octanol–water partition coefficient (Wildman–Crippen LogP) is 9.65. The molecule has 0 aromatic rings. The van der Waals surface area contributed by atoms with Crippen LogP contribution in [0.5, 0.6) is 0 Å². The van der Waals surface area contributed by atoms with Crippen LogP contribution >= 0.6 is 0 Å². The Morgan fingerprint density at radius 1 is 0.623 bits per heavy atom. The normalized spacial score (nSPS) is 47.3. The zero-order valence-corrected chi connectivity index (χ0v) is 46.2. The average Bonchev–Trinajstić information content (AvgIpc) is 3.84. The van der Waals surface area contributed by atoms with E-state index in [1.54, 1.807) is 0 Å². The number of hydrogen-bond donors (Lipinski definition) is 0. The fourth-order valence-electron chi connectivity index (χ4n) is 13.1. The summed E-state index contributed by atoms with van der Waals surface area (Å²) in [5, 5.41) is 0.103. The zero-order valence-electron chi connectivity index (χ0n) is 44.2. The van der Waals surface area contributed by atoms with Crippen molar-refractivity contribution in [2.45, 2.75) is 291 Å². The van der Waals surface area contributed by atoms with E-state index in [1.165, 1.54) is 0 Å². The molecule has 0 N–H and O–H groups in total. The van der Waals surface area contributed by atoms with Crippen molar-refractivity contribution in [3.8, 4) is 0 Å². The number of carbonyl (C=O) groups excluding carboxylic acids is 1. The van der Waals surface area contributed by atoms with Crippen LogP contribution in [0.3, 0.4) is 0 Å². The number of fused-ring (bicyclic) bond motifs is 7. The van der Waals surface area contributed by atoms with Crippen molar-refractivity contribution < 1.29 is 61.0 Å². The van der Waals surface area contributed by atoms with Gasteiger partial charge >= 0.3 is 5.97 Å². The molecule has 11 saturated heterocycles. The smallest absolute Gasteiger partial charge is 0.308 e. The molecule has 69 heavy (non-hydrogen) atoms. The topological polar surface area (TPSA) is 128 Å². The first kappa shape index (κ1) is 51.4. The number of esters is 1. The Morgan fingerprint density at radius 2 is 1.29 bits per heavy atom. The predicted molar refractivity (Wildman–Crippen MR) is 265 cm³/mol. The van der Waals surface area contributed by atoms with E-state index < -0.39 is 40.7 Å². The first-order valence-corrected chi connectivity index (χ1v) is 33.0. The largest absolute Gasteiger partial charge is 0.459 e. The first-order chi connectivity index (χ1) is 32.4. The lowest BCUT2D eigenvalue weighted by molar-refractivity contribution is -0.293. The van der Waals surface area contributed by atoms with Gasteiger partial charge in [0, 0.05) is 38.2 Å². The molecule has 11 rings (SSSR count). The molecule has 1 spiro atoms. The Hall–Kier alpha value is -1.06. The Morgan fingerprint density at radius 3 is 2.04 bits per heavy atom. The highest BCUT2D eigenvalue weighted by Gasteiger charge is 2.69. The minimum atomic E-state index is -2.22. The maximum absolute atomic E-state index is 14.5. The summed E-state index contributed by atoms with van der Waals surface area (Å²) < 4.78 is 83.5. The molecule has 0 aliphatic carbocycles. The molecule has 0 aromatic carbocycles. The highest BCUT2D eigenvalue weighted by molar-refractivity contribution is 6.74. The van der Waals surface area contributed by atoms with Gasteiger partial charge in [-0.2, -0.15) is 0 Å². The molecule has 11 heterocycles. The van der Waals surface area contributed by atoms with Gasteiger partial charge in [0.05, 0.1) is 79.7 Å². The van der Waals surface area contributed by atoms with Crippen molar-refractivity contribution >= 4 is 22.6 Å². The van der Waals surface area contributed by atoms with E-state index in [2.05, 4.69) is 94.7 Å². The van der Waals surface area contributed by atoms with Crippen molar-refractivity contribution in [3.63, 3.8) is 0 Å². The molecule has 12 bridgehead atoms. The van der Waals surface area contributed by atoms with Gasteiger partial charge in [-0.3, -0.25) is 4.79 Å². The van der Waals surface area contributed by atoms with E-state index in [-0.39, 0.29) is 126 Å². The molecule has 11 aliphatic heterocycles. The summed E-state index contributed by atoms with van der Waals surface area (Å²) in [5.74, 6) is -1.04. The van der Waals surface area contributed by atoms with E-state index in [4.69, 9.17) is 56.2 Å². The molecule has 11 fully saturated rings. The second kappa shape index (κ2) is 18.9. The molecule has 0 aromatic heterocycles. The molecular weight excluding hydrogens is 913 g/mol. The fourth-order valence-corrected chi connectivity index (χ4v) is 15.5. The molecule has 21 atom stereocenters. The minimum absolute atomic E-state index is 0.0111. The summed E-state index contributed by atoms with van der Waals surface area (Å²) in [7, 11) is -4.23. The van der Waals surface area contributed by atoms with E-state index >= 15 is 0 Å². The SMILES string of the molecule is C=C1C[C@@H]2CC[C@@]34C[C@H]5O[C@@H]6[C@@H](O3)[C@H]3O[C@H](CC[C@@H]3O[C@H]6[C@H]5O4)CC(=O)O[C@@H]3[C@@H](C)[C@@H]4O[C@H](CCO[Si](C)(C)C(C)(C)C)[C@H](O[Si](C)(C)C(C)(C)C)C[C@@H]4O[C@H]3C[C@H]3O[C@@H](CC[C@@H]1O2)C[C@@H](C)C3=C. The summed E-state index contributed by atoms with van der Waals surface area (Å²) in [6.45, 7) is 37.1. The van der Waals surface area contributed by atoms with Gasteiger partial charge in [0.15, 0.2) is 22.4 Å². The third kappa shape index (κ3) is 10.0. The fraction of sp³-hybridized carbons (Fsp3) is 0.907. The number of ether oxygens (including phenoxy) is 10. The maximum Gasteiger partial charge on any atom is 0.308 e. The van der Waals surface area contributed by atoms with Gasteiger partial charge < -0.3 is 56.2 Å². The summed E-state index contributed by atoms with van der Waals surface area (Å²) in [4.78, 5) is 14.5. The van der Waals surface area contributed by atoms with Crippen LogP contribution in [0.2, 0.25) is 36.3 Å². The monoisotopic (exact) mass is 1000 g/mol. The Kier molecular flexibility index (Phi) is 14.1. The lowest BCUT2D eigenvalue weighted by Crippen LogP contribution is -2.63. The average molecular weight is 1000 g/mol. The van der Waals surface area contributed by atoms with E-state index in [1.807, 2.05) is 0 Å². The van der Waals surface area contributed by atoms with Gasteiger partial charge in [-0.05, 0) is 105 Å². The van der Waals surface area contributed by atoms with Gasteiger partial charge in [-0.1, -0.05) is 68.5 Å². The Bertz CT molecular complexity index is 1920. The number of hydrogen-bond acceptors (Lipinski definition) is 13. The van der Waals surface area contributed by atoms with Crippen LogP contribution in [0.4, 0.5) is 0 Å². The number of carbonyl (C=O) groups is 1. The summed E-state index contributed by atoms with van der Waals surface area (Å²) in [6, 6.07) is 0. The molecule has 13 nitrogen and oxygen atoms in total. The highest BCUT2D eigenvalue weighted by Crippen LogP contribution is 2.55. The van der Waals surface area contributed by atoms with Crippen LogP contribution in [-0.4, -0.2) is 145 Å². The maximum atomic E-state index is 14.5. The van der Waals surface area contributed by atoms with Crippen LogP contribution in [0.1, 0.15) is 139 Å². The van der Waals surface area contributed by atoms with E-state index in [0.29, 0.717) is 45.1 Å². The molecule has 11 aliphatic rings. The van der Waals surface area contributed by atoms with E-state index in [9.17, 15) is 4.79 Å². The minimum Gasteiger partial charge on any atom is -0.459 e. The number of rotatable bonds is 6. The quantitative estimate of drug-likeness (QED) is 0.143. The van der Waals surface area contributed by atoms with Crippen LogP contribution in [0, 0.1) is 11.8 Å². The van der Waals surface area contributed by atoms with Gasteiger partial charge in [0.1, 0.15) is 36.6 Å². The molecule has 0 radical (unpaired) electrons. The molecule has 0 saturated carbocycles. The van der Waals surface area contributed by atoms with Crippen LogP contribution < -0.4 is 0 Å². The van der Waals surface area contributed by atoms with Gasteiger partial charge in [-0.25, -0.2) is 0 Å². The van der Waals surface area contributed by atoms with Crippen molar-refractivity contribution in [2.24, 2.45) is 11.8 Å².